The quantitative estimate of drug-likeness (QED) is 0.429. The smallest absolute Gasteiger partial charge is 0.160 e. The number of ether oxygens (including phenoxy) is 2. The van der Waals surface area contributed by atoms with E-state index in [1.807, 2.05) is 36.5 Å². The van der Waals surface area contributed by atoms with Crippen molar-refractivity contribution in [2.45, 2.75) is 18.8 Å². The van der Waals surface area contributed by atoms with Gasteiger partial charge in [0.2, 0.25) is 0 Å². The van der Waals surface area contributed by atoms with E-state index < -0.39 is 5.41 Å². The van der Waals surface area contributed by atoms with Crippen LogP contribution in [0.25, 0.3) is 11.3 Å². The van der Waals surface area contributed by atoms with E-state index in [1.165, 1.54) is 5.56 Å². The first-order valence-corrected chi connectivity index (χ1v) is 10.4. The van der Waals surface area contributed by atoms with Crippen LogP contribution in [0.3, 0.4) is 0 Å². The fourth-order valence-electron chi connectivity index (χ4n) is 4.97. The first kappa shape index (κ1) is 20.0. The molecular weight excluding hydrogens is 404 g/mol. The number of aromatic amines is 1. The van der Waals surface area contributed by atoms with Gasteiger partial charge in [0.05, 0.1) is 19.9 Å². The molecule has 0 spiro atoms. The minimum atomic E-state index is -0.546. The number of nitrogens with zero attached hydrogens (tertiary/aromatic N) is 1. The maximum Gasteiger partial charge on any atom is 0.160 e. The number of hydrogen-bond acceptors (Lipinski definition) is 5. The minimum absolute atomic E-state index is 0.0910. The number of H-pyrrole nitrogens is 1. The van der Waals surface area contributed by atoms with Crippen LogP contribution in [0.2, 0.25) is 0 Å². The van der Waals surface area contributed by atoms with Gasteiger partial charge in [-0.15, -0.1) is 0 Å². The third-order valence-corrected chi connectivity index (χ3v) is 6.52. The van der Waals surface area contributed by atoms with Crippen LogP contribution in [0, 0.1) is 6.92 Å². The number of benzene rings is 3. The van der Waals surface area contributed by atoms with E-state index >= 15 is 0 Å². The second kappa shape index (κ2) is 7.34. The van der Waals surface area contributed by atoms with E-state index in [1.54, 1.807) is 26.4 Å². The van der Waals surface area contributed by atoms with Gasteiger partial charge >= 0.3 is 0 Å². The predicted molar refractivity (Wildman–Crippen MR) is 122 cm³/mol. The van der Waals surface area contributed by atoms with Gasteiger partial charge in [-0.3, -0.25) is 5.10 Å². The lowest BCUT2D eigenvalue weighted by Crippen LogP contribution is -2.29. The van der Waals surface area contributed by atoms with E-state index in [9.17, 15) is 10.2 Å². The monoisotopic (exact) mass is 428 g/mol. The Balaban J connectivity index is 1.81. The fourth-order valence-corrected chi connectivity index (χ4v) is 4.97. The summed E-state index contributed by atoms with van der Waals surface area (Å²) in [4.78, 5) is 0. The van der Waals surface area contributed by atoms with E-state index in [0.717, 1.165) is 39.9 Å². The summed E-state index contributed by atoms with van der Waals surface area (Å²) >= 11 is 0. The molecule has 162 valence electrons. The maximum atomic E-state index is 10.2. The average molecular weight is 428 g/mol. The van der Waals surface area contributed by atoms with E-state index in [-0.39, 0.29) is 11.5 Å². The summed E-state index contributed by atoms with van der Waals surface area (Å²) in [5.74, 6) is 1.01. The fraction of sp³-hybridized carbons (Fsp3) is 0.192. The van der Waals surface area contributed by atoms with E-state index in [4.69, 9.17) is 9.47 Å². The summed E-state index contributed by atoms with van der Waals surface area (Å²) in [6, 6.07) is 17.3. The van der Waals surface area contributed by atoms with Crippen molar-refractivity contribution in [2.75, 3.05) is 14.2 Å². The molecule has 0 radical (unpaired) electrons. The zero-order valence-corrected chi connectivity index (χ0v) is 18.1. The van der Waals surface area contributed by atoms with Gasteiger partial charge in [-0.2, -0.15) is 5.10 Å². The lowest BCUT2D eigenvalue weighted by atomic mass is 9.69. The summed E-state index contributed by atoms with van der Waals surface area (Å²) in [6.07, 6.45) is 2.54. The van der Waals surface area contributed by atoms with Gasteiger partial charge in [-0.1, -0.05) is 18.2 Å². The molecule has 1 heterocycles. The van der Waals surface area contributed by atoms with Crippen LogP contribution in [0.4, 0.5) is 0 Å². The zero-order chi connectivity index (χ0) is 22.5. The number of phenols is 2. The Kier molecular flexibility index (Phi) is 4.59. The lowest BCUT2D eigenvalue weighted by Gasteiger charge is -2.33. The predicted octanol–water partition coefficient (Wildman–Crippen LogP) is 4.70. The highest BCUT2D eigenvalue weighted by Crippen LogP contribution is 2.52. The highest BCUT2D eigenvalue weighted by atomic mass is 16.5. The third kappa shape index (κ3) is 2.83. The number of nitrogens with one attached hydrogen (secondary N) is 1. The van der Waals surface area contributed by atoms with Crippen LogP contribution in [0.5, 0.6) is 23.0 Å². The molecule has 1 aromatic heterocycles. The van der Waals surface area contributed by atoms with Gasteiger partial charge in [-0.05, 0) is 77.6 Å². The van der Waals surface area contributed by atoms with Gasteiger partial charge in [0.25, 0.3) is 0 Å². The molecular formula is C26H24N2O4. The van der Waals surface area contributed by atoms with Crippen molar-refractivity contribution in [1.29, 1.82) is 0 Å². The molecule has 6 nitrogen and oxygen atoms in total. The molecule has 0 unspecified atom stereocenters. The molecule has 32 heavy (non-hydrogen) atoms. The van der Waals surface area contributed by atoms with Crippen LogP contribution >= 0.6 is 0 Å². The zero-order valence-electron chi connectivity index (χ0n) is 18.1. The van der Waals surface area contributed by atoms with Crippen molar-refractivity contribution in [3.05, 3.63) is 88.6 Å². The summed E-state index contributed by atoms with van der Waals surface area (Å²) < 4.78 is 10.9. The number of phenolic OH excluding ortho intramolecular Hbond substituents is 2. The molecule has 0 amide bonds. The topological polar surface area (TPSA) is 87.6 Å². The summed E-state index contributed by atoms with van der Waals surface area (Å²) in [6.45, 7) is 2.11. The molecule has 1 aliphatic carbocycles. The second-order valence-electron chi connectivity index (χ2n) is 8.13. The molecule has 5 rings (SSSR count). The second-order valence-corrected chi connectivity index (χ2v) is 8.13. The Bertz CT molecular complexity index is 1260. The van der Waals surface area contributed by atoms with Crippen LogP contribution in [-0.2, 0) is 11.8 Å². The van der Waals surface area contributed by atoms with Gasteiger partial charge in [0.1, 0.15) is 0 Å². The number of methoxy groups -OCH3 is 2. The van der Waals surface area contributed by atoms with Crippen molar-refractivity contribution in [3.8, 4) is 34.3 Å². The van der Waals surface area contributed by atoms with Crippen molar-refractivity contribution in [2.24, 2.45) is 0 Å². The highest BCUT2D eigenvalue weighted by molar-refractivity contribution is 5.73. The number of aromatic nitrogens is 2. The number of hydrogen-bond donors (Lipinski definition) is 3. The largest absolute Gasteiger partial charge is 0.504 e. The van der Waals surface area contributed by atoms with Gasteiger partial charge in [0, 0.05) is 17.2 Å². The molecule has 0 saturated carbocycles. The summed E-state index contributed by atoms with van der Waals surface area (Å²) in [5, 5.41) is 27.8. The normalized spacial score (nSPS) is 13.8. The van der Waals surface area contributed by atoms with Gasteiger partial charge in [-0.25, -0.2) is 0 Å². The van der Waals surface area contributed by atoms with Gasteiger partial charge < -0.3 is 19.7 Å². The Morgan fingerprint density at radius 1 is 0.875 bits per heavy atom. The summed E-state index contributed by atoms with van der Waals surface area (Å²) in [7, 11) is 3.09. The van der Waals surface area contributed by atoms with Crippen LogP contribution in [-0.4, -0.2) is 34.6 Å². The molecule has 3 N–H and O–H groups in total. The van der Waals surface area contributed by atoms with Crippen molar-refractivity contribution < 1.29 is 19.7 Å². The summed E-state index contributed by atoms with van der Waals surface area (Å²) in [5.41, 5.74) is 6.85. The minimum Gasteiger partial charge on any atom is -0.504 e. The Labute approximate surface area is 186 Å². The Hall–Kier alpha value is -3.93. The van der Waals surface area contributed by atoms with Crippen LogP contribution in [0.15, 0.2) is 60.8 Å². The Morgan fingerprint density at radius 2 is 1.50 bits per heavy atom. The molecule has 2 bridgehead atoms. The SMILES string of the molecule is COc1cc(C2(c3ccc(O)c(OC)c3)Cc3cc(-c4cc[nH]n4)c(C)c2c3)ccc1O. The molecule has 4 aromatic rings. The number of rotatable bonds is 5. The standard InChI is InChI=1S/C26H24N2O4/c1-15-19(21-8-9-27-28-21)10-16-11-20(15)26(14-16,17-4-6-22(29)24(12-17)31-2)18-5-7-23(30)25(13-18)32-3/h4-13,29-30H,14H2,1-3H3,(H,27,28). The third-order valence-electron chi connectivity index (χ3n) is 6.52. The van der Waals surface area contributed by atoms with Crippen molar-refractivity contribution >= 4 is 0 Å². The van der Waals surface area contributed by atoms with Crippen molar-refractivity contribution in [1.82, 2.24) is 10.2 Å². The van der Waals surface area contributed by atoms with Crippen LogP contribution in [0.1, 0.15) is 27.8 Å². The first-order chi connectivity index (χ1) is 15.5. The Morgan fingerprint density at radius 3 is 2.03 bits per heavy atom. The highest BCUT2D eigenvalue weighted by Gasteiger charge is 2.43. The first-order valence-electron chi connectivity index (χ1n) is 10.4. The molecule has 1 aliphatic rings. The molecule has 0 fully saturated rings. The van der Waals surface area contributed by atoms with Gasteiger partial charge in [0.15, 0.2) is 23.0 Å². The molecule has 0 saturated heterocycles. The number of aromatic hydroxyl groups is 2. The lowest BCUT2D eigenvalue weighted by molar-refractivity contribution is 0.370. The van der Waals surface area contributed by atoms with Crippen molar-refractivity contribution in [3.63, 3.8) is 0 Å². The van der Waals surface area contributed by atoms with E-state index in [2.05, 4.69) is 29.3 Å². The maximum absolute atomic E-state index is 10.2. The molecule has 3 aromatic carbocycles. The molecule has 6 heteroatoms. The van der Waals surface area contributed by atoms with E-state index in [0.29, 0.717) is 11.5 Å². The number of fused-ring (bicyclic) bond motifs is 2. The average Bonchev–Trinajstić information content (AvgIpc) is 3.44. The molecule has 0 aliphatic heterocycles. The molecule has 0 atom stereocenters. The van der Waals surface area contributed by atoms with Crippen LogP contribution < -0.4 is 9.47 Å².